The molecule has 80 valence electrons. The average Bonchev–Trinajstić information content (AvgIpc) is 2.24. The minimum atomic E-state index is -0.883. The molecule has 1 aromatic rings. The van der Waals surface area contributed by atoms with Crippen molar-refractivity contribution < 1.29 is 9.31 Å². The fourth-order valence-electron chi connectivity index (χ4n) is 0.899. The van der Waals surface area contributed by atoms with Crippen LogP contribution in [0.1, 0.15) is 19.4 Å². The van der Waals surface area contributed by atoms with Crippen LogP contribution in [0.2, 0.25) is 0 Å². The van der Waals surface area contributed by atoms with Crippen molar-refractivity contribution in [1.29, 1.82) is 5.26 Å². The molecule has 1 aromatic carbocycles. The lowest BCUT2D eigenvalue weighted by molar-refractivity contribution is -0.387. The molecule has 0 aliphatic heterocycles. The van der Waals surface area contributed by atoms with Gasteiger partial charge in [-0.2, -0.15) is 9.65 Å². The van der Waals surface area contributed by atoms with Gasteiger partial charge >= 0.3 is 5.69 Å². The minimum absolute atomic E-state index is 0.0428. The summed E-state index contributed by atoms with van der Waals surface area (Å²) >= 11 is 0. The lowest BCUT2D eigenvalue weighted by Crippen LogP contribution is -1.94. The zero-order chi connectivity index (χ0) is 11.8. The first kappa shape index (κ1) is 13.0. The van der Waals surface area contributed by atoms with Crippen molar-refractivity contribution in [3.63, 3.8) is 0 Å². The molecule has 0 spiro atoms. The number of hydrogen-bond donors (Lipinski definition) is 0. The van der Waals surface area contributed by atoms with Gasteiger partial charge in [-0.25, -0.2) is 0 Å². The van der Waals surface area contributed by atoms with Gasteiger partial charge in [0.25, 0.3) is 0 Å². The highest BCUT2D eigenvalue weighted by molar-refractivity contribution is 5.37. The molecule has 4 nitrogen and oxygen atoms in total. The van der Waals surface area contributed by atoms with Crippen molar-refractivity contribution in [3.05, 3.63) is 39.7 Å². The van der Waals surface area contributed by atoms with Crippen LogP contribution >= 0.6 is 0 Å². The lowest BCUT2D eigenvalue weighted by Gasteiger charge is -1.95. The summed E-state index contributed by atoms with van der Waals surface area (Å²) < 4.78 is 12.7. The molecule has 15 heavy (non-hydrogen) atoms. The molecule has 1 rings (SSSR count). The van der Waals surface area contributed by atoms with Crippen LogP contribution in [0.5, 0.6) is 0 Å². The molecule has 0 saturated carbocycles. The van der Waals surface area contributed by atoms with Crippen LogP contribution in [0.25, 0.3) is 0 Å². The molecule has 0 bridgehead atoms. The molecule has 0 aliphatic rings. The van der Waals surface area contributed by atoms with Gasteiger partial charge < -0.3 is 0 Å². The van der Waals surface area contributed by atoms with Crippen LogP contribution in [0.15, 0.2) is 18.2 Å². The molecule has 5 heteroatoms. The number of nitro groups is 1. The Bertz CT molecular complexity index is 385. The summed E-state index contributed by atoms with van der Waals surface area (Å²) in [6, 6.07) is 5.24. The van der Waals surface area contributed by atoms with Crippen molar-refractivity contribution >= 4 is 5.69 Å². The number of nitrogens with zero attached hydrogens (tertiary/aromatic N) is 2. The molecule has 0 saturated heterocycles. The van der Waals surface area contributed by atoms with Crippen molar-refractivity contribution in [2.45, 2.75) is 20.3 Å². The van der Waals surface area contributed by atoms with E-state index in [0.717, 1.165) is 12.1 Å². The fraction of sp³-hybridized carbons (Fsp3) is 0.300. The van der Waals surface area contributed by atoms with Gasteiger partial charge in [-0.1, -0.05) is 19.9 Å². The second-order valence-electron chi connectivity index (χ2n) is 2.38. The fourth-order valence-corrected chi connectivity index (χ4v) is 0.899. The summed E-state index contributed by atoms with van der Waals surface area (Å²) in [4.78, 5) is 9.45. The van der Waals surface area contributed by atoms with Crippen molar-refractivity contribution in [1.82, 2.24) is 0 Å². The molecular weight excluding hydrogens is 199 g/mol. The number of nitro benzene ring substituents is 1. The van der Waals surface area contributed by atoms with Crippen LogP contribution in [0.3, 0.4) is 0 Å². The Kier molecular flexibility index (Phi) is 5.64. The van der Waals surface area contributed by atoms with E-state index in [9.17, 15) is 14.5 Å². The molecule has 0 aromatic heterocycles. The molecule has 0 aliphatic carbocycles. The number of halogens is 1. The third kappa shape index (κ3) is 3.73. The summed E-state index contributed by atoms with van der Waals surface area (Å²) in [5.41, 5.74) is -0.150. The quantitative estimate of drug-likeness (QED) is 0.556. The number of benzene rings is 1. The third-order valence-corrected chi connectivity index (χ3v) is 1.49. The third-order valence-electron chi connectivity index (χ3n) is 1.49. The summed E-state index contributed by atoms with van der Waals surface area (Å²) in [6.07, 6.45) is 0.0428. The predicted molar refractivity (Wildman–Crippen MR) is 53.7 cm³/mol. The summed E-state index contributed by atoms with van der Waals surface area (Å²) in [5, 5.41) is 18.6. The highest BCUT2D eigenvalue weighted by Crippen LogP contribution is 2.18. The van der Waals surface area contributed by atoms with Gasteiger partial charge in [-0.15, -0.1) is 0 Å². The summed E-state index contributed by atoms with van der Waals surface area (Å²) in [6.45, 7) is 4.00. The van der Waals surface area contributed by atoms with Crippen LogP contribution in [-0.2, 0) is 6.42 Å². The average molecular weight is 210 g/mol. The normalized spacial score (nSPS) is 8.40. The standard InChI is InChI=1S/C8H5FN2O2.C2H6/c9-7-2-1-6(3-4-10)5-8(7)11(12)13;1-2/h1-2,5H,3H2;1-2H3. The van der Waals surface area contributed by atoms with E-state index in [1.54, 1.807) is 0 Å². The van der Waals surface area contributed by atoms with Crippen LogP contribution in [0.4, 0.5) is 10.1 Å². The highest BCUT2D eigenvalue weighted by Gasteiger charge is 2.13. The topological polar surface area (TPSA) is 66.9 Å². The molecule has 0 N–H and O–H groups in total. The number of nitriles is 1. The maximum Gasteiger partial charge on any atom is 0.305 e. The van der Waals surface area contributed by atoms with Gasteiger partial charge in [0, 0.05) is 6.07 Å². The van der Waals surface area contributed by atoms with Gasteiger partial charge in [0.05, 0.1) is 17.4 Å². The minimum Gasteiger partial charge on any atom is -0.258 e. The van der Waals surface area contributed by atoms with Gasteiger partial charge in [0.2, 0.25) is 5.82 Å². The SMILES string of the molecule is CC.N#CCc1ccc(F)c([N+](=O)[O-])c1. The smallest absolute Gasteiger partial charge is 0.258 e. The van der Waals surface area contributed by atoms with E-state index in [0.29, 0.717) is 5.56 Å². The molecule has 0 unspecified atom stereocenters. The van der Waals surface area contributed by atoms with E-state index in [1.165, 1.54) is 6.07 Å². The Morgan fingerprint density at radius 2 is 2.13 bits per heavy atom. The van der Waals surface area contributed by atoms with Crippen LogP contribution in [0, 0.1) is 27.3 Å². The molecule has 0 atom stereocenters. The molecule has 0 heterocycles. The van der Waals surface area contributed by atoms with Gasteiger partial charge in [0.1, 0.15) is 0 Å². The van der Waals surface area contributed by atoms with E-state index in [-0.39, 0.29) is 6.42 Å². The molecular formula is C10H11FN2O2. The first-order valence-electron chi connectivity index (χ1n) is 4.45. The molecule has 0 radical (unpaired) electrons. The first-order valence-corrected chi connectivity index (χ1v) is 4.45. The largest absolute Gasteiger partial charge is 0.305 e. The summed E-state index contributed by atoms with van der Waals surface area (Å²) in [7, 11) is 0. The zero-order valence-corrected chi connectivity index (χ0v) is 8.53. The lowest BCUT2D eigenvalue weighted by atomic mass is 10.1. The Labute approximate surface area is 87.1 Å². The Morgan fingerprint density at radius 1 is 1.53 bits per heavy atom. The second-order valence-corrected chi connectivity index (χ2v) is 2.38. The monoisotopic (exact) mass is 210 g/mol. The van der Waals surface area contributed by atoms with Crippen molar-refractivity contribution in [2.75, 3.05) is 0 Å². The van der Waals surface area contributed by atoms with Gasteiger partial charge in [0.15, 0.2) is 0 Å². The highest BCUT2D eigenvalue weighted by atomic mass is 19.1. The van der Waals surface area contributed by atoms with Gasteiger partial charge in [-0.05, 0) is 11.6 Å². The van der Waals surface area contributed by atoms with E-state index >= 15 is 0 Å². The van der Waals surface area contributed by atoms with E-state index in [2.05, 4.69) is 0 Å². The van der Waals surface area contributed by atoms with E-state index < -0.39 is 16.4 Å². The van der Waals surface area contributed by atoms with Crippen LogP contribution < -0.4 is 0 Å². The number of rotatable bonds is 2. The number of hydrogen-bond acceptors (Lipinski definition) is 3. The van der Waals surface area contributed by atoms with Gasteiger partial charge in [-0.3, -0.25) is 10.1 Å². The molecule has 0 fully saturated rings. The predicted octanol–water partition coefficient (Wildman–Crippen LogP) is 2.83. The zero-order valence-electron chi connectivity index (χ0n) is 8.53. The van der Waals surface area contributed by atoms with Crippen LogP contribution in [-0.4, -0.2) is 4.92 Å². The first-order chi connectivity index (χ1) is 7.15. The van der Waals surface area contributed by atoms with Crippen molar-refractivity contribution in [2.24, 2.45) is 0 Å². The Morgan fingerprint density at radius 3 is 2.60 bits per heavy atom. The van der Waals surface area contributed by atoms with E-state index in [4.69, 9.17) is 5.26 Å². The van der Waals surface area contributed by atoms with E-state index in [1.807, 2.05) is 19.9 Å². The maximum atomic E-state index is 12.7. The Hall–Kier alpha value is -1.96. The maximum absolute atomic E-state index is 12.7. The summed E-state index contributed by atoms with van der Waals surface area (Å²) in [5.74, 6) is -0.883. The van der Waals surface area contributed by atoms with Crippen molar-refractivity contribution in [3.8, 4) is 6.07 Å². The Balaban J connectivity index is 0.000000921. The second kappa shape index (κ2) is 6.49. The molecule has 0 amide bonds.